The van der Waals surface area contributed by atoms with Crippen LogP contribution in [0.2, 0.25) is 4.34 Å². The van der Waals surface area contributed by atoms with Crippen LogP contribution in [0.25, 0.3) is 0 Å². The molecular weight excluding hydrogens is 256 g/mol. The Hall–Kier alpha value is -0.130. The van der Waals surface area contributed by atoms with Crippen molar-refractivity contribution >= 4 is 22.9 Å². The molecule has 0 aromatic carbocycles. The quantitative estimate of drug-likeness (QED) is 0.889. The van der Waals surface area contributed by atoms with Gasteiger partial charge in [-0.3, -0.25) is 4.90 Å². The van der Waals surface area contributed by atoms with Crippen molar-refractivity contribution in [3.05, 3.63) is 21.3 Å². The van der Waals surface area contributed by atoms with Gasteiger partial charge in [-0.2, -0.15) is 0 Å². The summed E-state index contributed by atoms with van der Waals surface area (Å²) in [7, 11) is 0. The number of likely N-dealkylation sites (tertiary alicyclic amines) is 1. The van der Waals surface area contributed by atoms with E-state index in [9.17, 15) is 5.11 Å². The SMILES string of the molecule is CC1(O)CCN(C(CN)c2ccc(Cl)s2)CC1. The van der Waals surface area contributed by atoms with E-state index < -0.39 is 5.60 Å². The number of piperidine rings is 1. The van der Waals surface area contributed by atoms with Crippen LogP contribution in [0.3, 0.4) is 0 Å². The topological polar surface area (TPSA) is 49.5 Å². The van der Waals surface area contributed by atoms with Gasteiger partial charge >= 0.3 is 0 Å². The Morgan fingerprint density at radius 3 is 2.65 bits per heavy atom. The van der Waals surface area contributed by atoms with Gasteiger partial charge in [0.15, 0.2) is 0 Å². The Labute approximate surface area is 111 Å². The van der Waals surface area contributed by atoms with Crippen LogP contribution < -0.4 is 5.73 Å². The lowest BCUT2D eigenvalue weighted by molar-refractivity contribution is -0.0156. The molecule has 1 aliphatic heterocycles. The minimum absolute atomic E-state index is 0.239. The molecule has 96 valence electrons. The van der Waals surface area contributed by atoms with Gasteiger partial charge in [-0.25, -0.2) is 0 Å². The zero-order chi connectivity index (χ0) is 12.5. The van der Waals surface area contributed by atoms with Gasteiger partial charge < -0.3 is 10.8 Å². The summed E-state index contributed by atoms with van der Waals surface area (Å²) in [6.45, 7) is 4.29. The van der Waals surface area contributed by atoms with Crippen LogP contribution in [0.5, 0.6) is 0 Å². The monoisotopic (exact) mass is 274 g/mol. The zero-order valence-corrected chi connectivity index (χ0v) is 11.6. The summed E-state index contributed by atoms with van der Waals surface area (Å²) in [6, 6.07) is 4.21. The lowest BCUT2D eigenvalue weighted by Crippen LogP contribution is -2.45. The van der Waals surface area contributed by atoms with Crippen molar-refractivity contribution in [2.75, 3.05) is 19.6 Å². The highest BCUT2D eigenvalue weighted by Crippen LogP contribution is 2.33. The van der Waals surface area contributed by atoms with Crippen molar-refractivity contribution in [1.82, 2.24) is 4.90 Å². The molecule has 1 atom stereocenters. The minimum atomic E-state index is -0.511. The third kappa shape index (κ3) is 3.20. The third-order valence-corrected chi connectivity index (χ3v) is 4.79. The maximum Gasteiger partial charge on any atom is 0.0931 e. The first-order valence-corrected chi connectivity index (χ1v) is 7.13. The maximum absolute atomic E-state index is 9.94. The molecule has 17 heavy (non-hydrogen) atoms. The molecule has 0 aliphatic carbocycles. The van der Waals surface area contributed by atoms with Gasteiger partial charge in [-0.15, -0.1) is 11.3 Å². The number of thiophene rings is 1. The fourth-order valence-corrected chi connectivity index (χ4v) is 3.48. The Kier molecular flexibility index (Phi) is 4.10. The lowest BCUT2D eigenvalue weighted by atomic mass is 9.93. The van der Waals surface area contributed by atoms with E-state index in [0.717, 1.165) is 30.3 Å². The largest absolute Gasteiger partial charge is 0.390 e. The second-order valence-corrected chi connectivity index (χ2v) is 6.67. The van der Waals surface area contributed by atoms with Crippen molar-refractivity contribution in [3.63, 3.8) is 0 Å². The van der Waals surface area contributed by atoms with Crippen LogP contribution in [0.4, 0.5) is 0 Å². The summed E-state index contributed by atoms with van der Waals surface area (Å²) in [5.74, 6) is 0. The number of nitrogens with two attached hydrogens (primary N) is 1. The van der Waals surface area contributed by atoms with E-state index in [4.69, 9.17) is 17.3 Å². The van der Waals surface area contributed by atoms with Crippen molar-refractivity contribution < 1.29 is 5.11 Å². The Bertz CT molecular complexity index is 370. The number of nitrogens with zero attached hydrogens (tertiary/aromatic N) is 1. The van der Waals surface area contributed by atoms with Gasteiger partial charge in [0.05, 0.1) is 16.0 Å². The molecule has 1 aliphatic rings. The van der Waals surface area contributed by atoms with Gasteiger partial charge in [0.1, 0.15) is 0 Å². The van der Waals surface area contributed by atoms with E-state index in [1.807, 2.05) is 13.0 Å². The first-order chi connectivity index (χ1) is 8.02. The fraction of sp³-hybridized carbons (Fsp3) is 0.667. The van der Waals surface area contributed by atoms with E-state index >= 15 is 0 Å². The molecule has 0 radical (unpaired) electrons. The third-order valence-electron chi connectivity index (χ3n) is 3.46. The average molecular weight is 275 g/mol. The van der Waals surface area contributed by atoms with Gasteiger partial charge in [0, 0.05) is 24.5 Å². The highest BCUT2D eigenvalue weighted by Gasteiger charge is 2.31. The predicted octanol–water partition coefficient (Wildman–Crippen LogP) is 2.25. The smallest absolute Gasteiger partial charge is 0.0931 e. The van der Waals surface area contributed by atoms with E-state index in [1.54, 1.807) is 11.3 Å². The minimum Gasteiger partial charge on any atom is -0.390 e. The second-order valence-electron chi connectivity index (χ2n) is 4.93. The first kappa shape index (κ1) is 13.3. The molecule has 3 N–H and O–H groups in total. The van der Waals surface area contributed by atoms with Crippen LogP contribution in [0, 0.1) is 0 Å². The van der Waals surface area contributed by atoms with E-state index in [2.05, 4.69) is 11.0 Å². The van der Waals surface area contributed by atoms with Gasteiger partial charge in [0.25, 0.3) is 0 Å². The van der Waals surface area contributed by atoms with E-state index in [1.165, 1.54) is 4.88 Å². The van der Waals surface area contributed by atoms with Crippen LogP contribution in [0.15, 0.2) is 12.1 Å². The molecule has 1 unspecified atom stereocenters. The number of hydrogen-bond donors (Lipinski definition) is 2. The summed E-state index contributed by atoms with van der Waals surface area (Å²) in [5.41, 5.74) is 5.36. The number of halogens is 1. The first-order valence-electron chi connectivity index (χ1n) is 5.93. The van der Waals surface area contributed by atoms with Crippen LogP contribution in [0.1, 0.15) is 30.7 Å². The van der Waals surface area contributed by atoms with Crippen LogP contribution in [-0.4, -0.2) is 35.2 Å². The molecule has 3 nitrogen and oxygen atoms in total. The Morgan fingerprint density at radius 1 is 1.53 bits per heavy atom. The predicted molar refractivity (Wildman–Crippen MR) is 72.6 cm³/mol. The van der Waals surface area contributed by atoms with Gasteiger partial charge in [-0.1, -0.05) is 11.6 Å². The van der Waals surface area contributed by atoms with Crippen molar-refractivity contribution in [2.24, 2.45) is 5.73 Å². The van der Waals surface area contributed by atoms with E-state index in [-0.39, 0.29) is 6.04 Å². The lowest BCUT2D eigenvalue weighted by Gasteiger charge is -2.39. The standard InChI is InChI=1S/C12H19ClN2OS/c1-12(16)4-6-15(7-5-12)9(8-14)10-2-3-11(13)17-10/h2-3,9,16H,4-8,14H2,1H3. The molecule has 0 amide bonds. The number of rotatable bonds is 3. The van der Waals surface area contributed by atoms with Crippen molar-refractivity contribution in [3.8, 4) is 0 Å². The summed E-state index contributed by atoms with van der Waals surface area (Å²) in [5, 5.41) is 9.94. The molecule has 0 saturated carbocycles. The Balaban J connectivity index is 2.05. The number of hydrogen-bond acceptors (Lipinski definition) is 4. The maximum atomic E-state index is 9.94. The average Bonchev–Trinajstić information content (AvgIpc) is 2.68. The summed E-state index contributed by atoms with van der Waals surface area (Å²) in [6.07, 6.45) is 1.62. The fourth-order valence-electron chi connectivity index (χ4n) is 2.27. The van der Waals surface area contributed by atoms with Crippen molar-refractivity contribution in [2.45, 2.75) is 31.4 Å². The van der Waals surface area contributed by atoms with Gasteiger partial charge in [0.2, 0.25) is 0 Å². The molecule has 0 spiro atoms. The summed E-state index contributed by atoms with van der Waals surface area (Å²) >= 11 is 7.56. The molecule has 1 saturated heterocycles. The molecule has 2 rings (SSSR count). The van der Waals surface area contributed by atoms with E-state index in [0.29, 0.717) is 6.54 Å². The molecule has 0 bridgehead atoms. The number of aliphatic hydroxyl groups is 1. The highest BCUT2D eigenvalue weighted by atomic mass is 35.5. The van der Waals surface area contributed by atoms with Crippen molar-refractivity contribution in [1.29, 1.82) is 0 Å². The molecule has 1 aromatic rings. The molecule has 1 fully saturated rings. The molecule has 5 heteroatoms. The highest BCUT2D eigenvalue weighted by molar-refractivity contribution is 7.16. The molecule has 1 aromatic heterocycles. The summed E-state index contributed by atoms with van der Waals surface area (Å²) in [4.78, 5) is 3.57. The summed E-state index contributed by atoms with van der Waals surface area (Å²) < 4.78 is 0.808. The molecular formula is C12H19ClN2OS. The molecule has 2 heterocycles. The Morgan fingerprint density at radius 2 is 2.18 bits per heavy atom. The zero-order valence-electron chi connectivity index (χ0n) is 10.0. The van der Waals surface area contributed by atoms with Crippen LogP contribution >= 0.6 is 22.9 Å². The van der Waals surface area contributed by atoms with Gasteiger partial charge in [-0.05, 0) is 31.9 Å². The van der Waals surface area contributed by atoms with Crippen LogP contribution in [-0.2, 0) is 0 Å². The normalized spacial score (nSPS) is 22.6. The second kappa shape index (κ2) is 5.24.